The molecule has 0 aliphatic carbocycles. The third kappa shape index (κ3) is 11.3. The van der Waals surface area contributed by atoms with Gasteiger partial charge in [-0.25, -0.2) is 10.2 Å². The van der Waals surface area contributed by atoms with Crippen LogP contribution in [0.5, 0.6) is 0 Å². The van der Waals surface area contributed by atoms with Gasteiger partial charge in [0.15, 0.2) is 0 Å². The number of Topliss-reactive ketones (excluding diaryl/α,β-unsaturated/α-hetero) is 2. The molecule has 0 spiro atoms. The van der Waals surface area contributed by atoms with E-state index in [4.69, 9.17) is 4.74 Å². The molecule has 0 bridgehead atoms. The summed E-state index contributed by atoms with van der Waals surface area (Å²) in [5.74, 6) is 0.472. The highest BCUT2D eigenvalue weighted by molar-refractivity contribution is 5.78. The highest BCUT2D eigenvalue weighted by atomic mass is 16.6. The number of nitrogens with one attached hydrogen (secondary N) is 1. The highest BCUT2D eigenvalue weighted by Crippen LogP contribution is 2.15. The van der Waals surface area contributed by atoms with Gasteiger partial charge in [-0.3, -0.25) is 9.80 Å². The topological polar surface area (TPSA) is 75.7 Å². The molecule has 1 heterocycles. The van der Waals surface area contributed by atoms with Crippen LogP contribution in [0.4, 0.5) is 4.79 Å². The first-order valence-electron chi connectivity index (χ1n) is 9.81. The summed E-state index contributed by atoms with van der Waals surface area (Å²) in [5.41, 5.74) is 2.19. The molecular formula is C21H34N2O4. The van der Waals surface area contributed by atoms with Crippen molar-refractivity contribution in [1.82, 2.24) is 10.4 Å². The van der Waals surface area contributed by atoms with Crippen molar-refractivity contribution in [3.63, 3.8) is 0 Å². The molecule has 152 valence electrons. The fourth-order valence-electron chi connectivity index (χ4n) is 2.81. The number of allylic oxidation sites excluding steroid dienone is 2. The maximum Gasteiger partial charge on any atom is 0.426 e. The second kappa shape index (κ2) is 11.6. The third-order valence-corrected chi connectivity index (χ3v) is 4.11. The number of carbonyl (C=O) groups excluding carboxylic acids is 3. The van der Waals surface area contributed by atoms with Crippen molar-refractivity contribution < 1.29 is 19.1 Å². The van der Waals surface area contributed by atoms with E-state index in [0.717, 1.165) is 32.1 Å². The molecule has 6 nitrogen and oxygen atoms in total. The van der Waals surface area contributed by atoms with Crippen molar-refractivity contribution in [2.24, 2.45) is 0 Å². The molecule has 0 radical (unpaired) electrons. The van der Waals surface area contributed by atoms with E-state index in [-0.39, 0.29) is 17.6 Å². The maximum absolute atomic E-state index is 12.0. The van der Waals surface area contributed by atoms with Crippen LogP contribution >= 0.6 is 0 Å². The lowest BCUT2D eigenvalue weighted by Crippen LogP contribution is -2.47. The highest BCUT2D eigenvalue weighted by Gasteiger charge is 2.21. The molecule has 27 heavy (non-hydrogen) atoms. The molecule has 1 amide bonds. The Morgan fingerprint density at radius 3 is 2.33 bits per heavy atom. The minimum atomic E-state index is -0.550. The average Bonchev–Trinajstić information content (AvgIpc) is 2.54. The molecule has 0 aromatic rings. The van der Waals surface area contributed by atoms with Crippen LogP contribution in [0.3, 0.4) is 0 Å². The van der Waals surface area contributed by atoms with Gasteiger partial charge in [-0.05, 0) is 59.5 Å². The number of carbonyl (C=O) groups is 3. The molecule has 1 unspecified atom stereocenters. The number of ketones is 2. The van der Waals surface area contributed by atoms with Crippen LogP contribution < -0.4 is 5.43 Å². The smallest absolute Gasteiger partial charge is 0.426 e. The lowest BCUT2D eigenvalue weighted by molar-refractivity contribution is -0.119. The number of nitrogens with zero attached hydrogens (tertiary/aromatic N) is 1. The van der Waals surface area contributed by atoms with E-state index in [9.17, 15) is 14.4 Å². The molecule has 0 fully saturated rings. The zero-order valence-electron chi connectivity index (χ0n) is 17.1. The summed E-state index contributed by atoms with van der Waals surface area (Å²) in [6.07, 6.45) is 13.0. The zero-order chi connectivity index (χ0) is 20.3. The Bertz CT molecular complexity index is 561. The Labute approximate surface area is 163 Å². The van der Waals surface area contributed by atoms with Crippen LogP contribution in [0.15, 0.2) is 24.4 Å². The molecule has 0 aromatic carbocycles. The van der Waals surface area contributed by atoms with Gasteiger partial charge in [-0.15, -0.1) is 0 Å². The summed E-state index contributed by atoms with van der Waals surface area (Å²) in [5, 5.41) is 1.72. The molecular weight excluding hydrogens is 344 g/mol. The summed E-state index contributed by atoms with van der Waals surface area (Å²) >= 11 is 0. The van der Waals surface area contributed by atoms with Crippen molar-refractivity contribution in [3.05, 3.63) is 24.4 Å². The van der Waals surface area contributed by atoms with E-state index in [2.05, 4.69) is 5.43 Å². The van der Waals surface area contributed by atoms with E-state index >= 15 is 0 Å². The van der Waals surface area contributed by atoms with Crippen LogP contribution in [-0.4, -0.2) is 34.3 Å². The van der Waals surface area contributed by atoms with Crippen molar-refractivity contribution in [2.45, 2.75) is 90.7 Å². The van der Waals surface area contributed by atoms with Gasteiger partial charge in [-0.2, -0.15) is 0 Å². The maximum atomic E-state index is 12.0. The van der Waals surface area contributed by atoms with Crippen LogP contribution in [0.25, 0.3) is 0 Å². The predicted molar refractivity (Wildman–Crippen MR) is 106 cm³/mol. The first-order chi connectivity index (χ1) is 12.7. The normalized spacial score (nSPS) is 16.3. The number of hydrogen-bond acceptors (Lipinski definition) is 5. The van der Waals surface area contributed by atoms with E-state index in [1.807, 2.05) is 39.0 Å². The lowest BCUT2D eigenvalue weighted by Gasteiger charge is -2.31. The van der Waals surface area contributed by atoms with Crippen LogP contribution in [0.2, 0.25) is 0 Å². The standard InChI is InChI=1S/C21H34N2O4/c1-17(24)11-6-5-7-14-19(25)15-10-13-18-12-8-9-16-23(18)22-20(26)27-21(2,3)4/h8-9,12,16,18H,5-7,10-11,13-15H2,1-4H3,(H,22,26). The van der Waals surface area contributed by atoms with Gasteiger partial charge in [0.2, 0.25) is 0 Å². The van der Waals surface area contributed by atoms with Gasteiger partial charge in [0.05, 0.1) is 6.04 Å². The van der Waals surface area contributed by atoms with Gasteiger partial charge in [-0.1, -0.05) is 18.6 Å². The fraction of sp³-hybridized carbons (Fsp3) is 0.667. The SMILES string of the molecule is CC(=O)CCCCCC(=O)CCCC1C=CC=CN1NC(=O)OC(C)(C)C. The second-order valence-electron chi connectivity index (χ2n) is 8.01. The quantitative estimate of drug-likeness (QED) is 0.537. The minimum Gasteiger partial charge on any atom is -0.443 e. The largest absolute Gasteiger partial charge is 0.443 e. The summed E-state index contributed by atoms with van der Waals surface area (Å²) < 4.78 is 5.29. The number of hydrazine groups is 1. The van der Waals surface area contributed by atoms with Gasteiger partial charge in [0, 0.05) is 25.5 Å². The molecule has 6 heteroatoms. The summed E-state index contributed by atoms with van der Waals surface area (Å²) in [6.45, 7) is 7.06. The Hall–Kier alpha value is -2.11. The van der Waals surface area contributed by atoms with Gasteiger partial charge in [0.25, 0.3) is 0 Å². The number of unbranched alkanes of at least 4 members (excludes halogenated alkanes) is 2. The molecule has 0 saturated heterocycles. The molecule has 1 rings (SSSR count). The number of rotatable bonds is 11. The third-order valence-electron chi connectivity index (χ3n) is 4.11. The first-order valence-corrected chi connectivity index (χ1v) is 9.81. The minimum absolute atomic E-state index is 0.00545. The van der Waals surface area contributed by atoms with Crippen LogP contribution in [-0.2, 0) is 14.3 Å². The van der Waals surface area contributed by atoms with Crippen molar-refractivity contribution >= 4 is 17.7 Å². The number of ether oxygens (including phenoxy) is 1. The van der Waals surface area contributed by atoms with Crippen LogP contribution in [0.1, 0.15) is 79.1 Å². The van der Waals surface area contributed by atoms with Crippen molar-refractivity contribution in [1.29, 1.82) is 0 Å². The summed E-state index contributed by atoms with van der Waals surface area (Å²) in [6, 6.07) is 0.00545. The zero-order valence-corrected chi connectivity index (χ0v) is 17.1. The molecule has 1 N–H and O–H groups in total. The Balaban J connectivity index is 2.28. The Morgan fingerprint density at radius 1 is 1.00 bits per heavy atom. The predicted octanol–water partition coefficient (Wildman–Crippen LogP) is 4.46. The van der Waals surface area contributed by atoms with Gasteiger partial charge < -0.3 is 9.53 Å². The fourth-order valence-corrected chi connectivity index (χ4v) is 2.81. The summed E-state index contributed by atoms with van der Waals surface area (Å²) in [4.78, 5) is 34.8. The molecule has 1 aliphatic heterocycles. The van der Waals surface area contributed by atoms with Crippen molar-refractivity contribution in [3.8, 4) is 0 Å². The van der Waals surface area contributed by atoms with Crippen LogP contribution in [0, 0.1) is 0 Å². The lowest BCUT2D eigenvalue weighted by atomic mass is 10.0. The van der Waals surface area contributed by atoms with E-state index in [1.165, 1.54) is 0 Å². The molecule has 1 atom stereocenters. The van der Waals surface area contributed by atoms with E-state index in [1.54, 1.807) is 18.1 Å². The van der Waals surface area contributed by atoms with Gasteiger partial charge in [0.1, 0.15) is 17.2 Å². The Kier molecular flexibility index (Phi) is 9.83. The van der Waals surface area contributed by atoms with E-state index < -0.39 is 11.7 Å². The molecule has 0 saturated carbocycles. The monoisotopic (exact) mass is 378 g/mol. The molecule has 1 aliphatic rings. The second-order valence-corrected chi connectivity index (χ2v) is 8.01. The number of hydrogen-bond donors (Lipinski definition) is 1. The number of amides is 1. The Morgan fingerprint density at radius 2 is 1.67 bits per heavy atom. The molecule has 0 aromatic heterocycles. The average molecular weight is 379 g/mol. The first kappa shape index (κ1) is 22.9. The van der Waals surface area contributed by atoms with Gasteiger partial charge >= 0.3 is 6.09 Å². The van der Waals surface area contributed by atoms with Crippen molar-refractivity contribution in [2.75, 3.05) is 0 Å². The van der Waals surface area contributed by atoms with E-state index in [0.29, 0.717) is 19.3 Å². The summed E-state index contributed by atoms with van der Waals surface area (Å²) in [7, 11) is 0.